The summed E-state index contributed by atoms with van der Waals surface area (Å²) in [5.74, 6) is 3.95. The Morgan fingerprint density at radius 2 is 1.34 bits per heavy atom. The Hall–Kier alpha value is -5.78. The highest BCUT2D eigenvalue weighted by Crippen LogP contribution is 2.42. The topological polar surface area (TPSA) is 127 Å². The molecule has 4 aromatic rings. The summed E-state index contributed by atoms with van der Waals surface area (Å²) >= 11 is 0. The van der Waals surface area contributed by atoms with Crippen LogP contribution in [0.25, 0.3) is 0 Å². The van der Waals surface area contributed by atoms with Crippen molar-refractivity contribution in [2.45, 2.75) is 31.5 Å². The standard InChI is InChI=1S/C38H41N3O9/c1-43-29-14-12-23(28-22-31(50-41-28)25-20-34(45-3)36(47-5)35(21-25)46-4)18-33(29)49-17-9-8-16-48-30-15-13-24(19-32(30)44-2)37-39-27-11-7-6-10-26(27)38(42)40-37/h6-7,10-15,18-21,31,37,39H,8-9,16-17,22H2,1-5H3,(H,40,42). The first-order valence-corrected chi connectivity index (χ1v) is 16.3. The van der Waals surface area contributed by atoms with Crippen LogP contribution in [-0.2, 0) is 4.84 Å². The van der Waals surface area contributed by atoms with E-state index >= 15 is 0 Å². The maximum Gasteiger partial charge on any atom is 0.255 e. The fourth-order valence-corrected chi connectivity index (χ4v) is 5.91. The SMILES string of the molecule is COc1cc(C2NC(=O)c3ccccc3N2)ccc1OCCCCOc1cc(C2=NOC(c3cc(OC)c(OC)c(OC)c3)C2)ccc1OC. The lowest BCUT2D eigenvalue weighted by molar-refractivity contribution is 0.0853. The van der Waals surface area contributed by atoms with Crippen molar-refractivity contribution in [3.63, 3.8) is 0 Å². The number of benzene rings is 4. The second-order valence-corrected chi connectivity index (χ2v) is 11.6. The molecule has 2 aliphatic rings. The predicted octanol–water partition coefficient (Wildman–Crippen LogP) is 6.69. The molecule has 0 aromatic heterocycles. The lowest BCUT2D eigenvalue weighted by Crippen LogP contribution is -2.38. The van der Waals surface area contributed by atoms with E-state index in [4.69, 9.17) is 38.0 Å². The van der Waals surface area contributed by atoms with Gasteiger partial charge in [0.05, 0.1) is 60.0 Å². The number of amides is 1. The summed E-state index contributed by atoms with van der Waals surface area (Å²) < 4.78 is 39.8. The monoisotopic (exact) mass is 683 g/mol. The average molecular weight is 684 g/mol. The minimum atomic E-state index is -0.385. The fourth-order valence-electron chi connectivity index (χ4n) is 5.91. The smallest absolute Gasteiger partial charge is 0.255 e. The van der Waals surface area contributed by atoms with Crippen LogP contribution < -0.4 is 43.8 Å². The minimum absolute atomic E-state index is 0.127. The molecule has 0 fully saturated rings. The summed E-state index contributed by atoms with van der Waals surface area (Å²) in [6, 6.07) is 22.5. The van der Waals surface area contributed by atoms with E-state index in [1.165, 1.54) is 0 Å². The summed E-state index contributed by atoms with van der Waals surface area (Å²) in [5, 5.41) is 10.7. The van der Waals surface area contributed by atoms with E-state index in [-0.39, 0.29) is 18.2 Å². The third-order valence-electron chi connectivity index (χ3n) is 8.55. The van der Waals surface area contributed by atoms with Gasteiger partial charge in [-0.05, 0) is 73.0 Å². The van der Waals surface area contributed by atoms with Crippen LogP contribution in [0, 0.1) is 0 Å². The number of rotatable bonds is 15. The van der Waals surface area contributed by atoms with Crippen LogP contribution >= 0.6 is 0 Å². The molecular formula is C38H41N3O9. The van der Waals surface area contributed by atoms with Crippen LogP contribution in [0.2, 0.25) is 0 Å². The quantitative estimate of drug-likeness (QED) is 0.131. The van der Waals surface area contributed by atoms with Gasteiger partial charge in [0.15, 0.2) is 40.6 Å². The molecule has 2 unspecified atom stereocenters. The van der Waals surface area contributed by atoms with Gasteiger partial charge >= 0.3 is 0 Å². The molecule has 2 aliphatic heterocycles. The van der Waals surface area contributed by atoms with Gasteiger partial charge in [-0.15, -0.1) is 0 Å². The summed E-state index contributed by atoms with van der Waals surface area (Å²) in [5.41, 5.74) is 4.78. The number of oxime groups is 1. The van der Waals surface area contributed by atoms with E-state index in [2.05, 4.69) is 15.8 Å². The van der Waals surface area contributed by atoms with Gasteiger partial charge in [0.2, 0.25) is 5.75 Å². The maximum absolute atomic E-state index is 12.6. The zero-order chi connectivity index (χ0) is 35.0. The van der Waals surface area contributed by atoms with Gasteiger partial charge in [0.25, 0.3) is 5.91 Å². The number of carbonyl (C=O) groups is 1. The van der Waals surface area contributed by atoms with Crippen LogP contribution in [0.15, 0.2) is 78.0 Å². The molecular weight excluding hydrogens is 642 g/mol. The Kier molecular flexibility index (Phi) is 10.7. The van der Waals surface area contributed by atoms with Gasteiger partial charge in [-0.25, -0.2) is 0 Å². The van der Waals surface area contributed by atoms with Crippen LogP contribution in [0.1, 0.15) is 58.6 Å². The number of hydrogen-bond acceptors (Lipinski definition) is 11. The van der Waals surface area contributed by atoms with Gasteiger partial charge in [0, 0.05) is 23.2 Å². The molecule has 0 saturated carbocycles. The van der Waals surface area contributed by atoms with Crippen molar-refractivity contribution in [1.29, 1.82) is 0 Å². The number of carbonyl (C=O) groups excluding carboxylic acids is 1. The Balaban J connectivity index is 1.01. The number of fused-ring (bicyclic) bond motifs is 1. The Morgan fingerprint density at radius 1 is 0.680 bits per heavy atom. The molecule has 0 saturated heterocycles. The Morgan fingerprint density at radius 3 is 2.04 bits per heavy atom. The zero-order valence-corrected chi connectivity index (χ0v) is 28.7. The molecule has 6 rings (SSSR count). The van der Waals surface area contributed by atoms with Gasteiger partial charge in [-0.2, -0.15) is 0 Å². The largest absolute Gasteiger partial charge is 0.493 e. The van der Waals surface area contributed by atoms with E-state index in [0.29, 0.717) is 65.4 Å². The first-order chi connectivity index (χ1) is 24.5. The molecule has 262 valence electrons. The Labute approximate surface area is 291 Å². The number of ether oxygens (including phenoxy) is 7. The number of nitrogens with zero attached hydrogens (tertiary/aromatic N) is 1. The van der Waals surface area contributed by atoms with Crippen molar-refractivity contribution in [2.24, 2.45) is 5.16 Å². The molecule has 12 nitrogen and oxygen atoms in total. The van der Waals surface area contributed by atoms with E-state index in [1.807, 2.05) is 66.7 Å². The minimum Gasteiger partial charge on any atom is -0.493 e. The number of nitrogens with one attached hydrogen (secondary N) is 2. The molecule has 2 heterocycles. The summed E-state index contributed by atoms with van der Waals surface area (Å²) in [4.78, 5) is 18.4. The van der Waals surface area contributed by atoms with Crippen LogP contribution in [-0.4, -0.2) is 60.4 Å². The second kappa shape index (κ2) is 15.6. The second-order valence-electron chi connectivity index (χ2n) is 11.6. The molecule has 2 atom stereocenters. The molecule has 0 radical (unpaired) electrons. The molecule has 0 bridgehead atoms. The van der Waals surface area contributed by atoms with Crippen LogP contribution in [0.3, 0.4) is 0 Å². The molecule has 50 heavy (non-hydrogen) atoms. The number of anilines is 1. The first-order valence-electron chi connectivity index (χ1n) is 16.3. The molecule has 12 heteroatoms. The van der Waals surface area contributed by atoms with Crippen molar-refractivity contribution in [3.8, 4) is 40.2 Å². The van der Waals surface area contributed by atoms with Gasteiger partial charge in [0.1, 0.15) is 6.17 Å². The van der Waals surface area contributed by atoms with Crippen molar-refractivity contribution in [1.82, 2.24) is 5.32 Å². The van der Waals surface area contributed by atoms with Crippen LogP contribution in [0.4, 0.5) is 5.69 Å². The summed E-state index contributed by atoms with van der Waals surface area (Å²) in [6.45, 7) is 0.934. The third kappa shape index (κ3) is 7.29. The van der Waals surface area contributed by atoms with Crippen molar-refractivity contribution in [2.75, 3.05) is 54.1 Å². The number of para-hydroxylation sites is 1. The summed E-state index contributed by atoms with van der Waals surface area (Å²) in [6.07, 6.45) is 1.34. The van der Waals surface area contributed by atoms with E-state index < -0.39 is 0 Å². The highest BCUT2D eigenvalue weighted by Gasteiger charge is 2.28. The Bertz CT molecular complexity index is 1840. The fraction of sp³-hybridized carbons (Fsp3) is 0.316. The highest BCUT2D eigenvalue weighted by atomic mass is 16.6. The normalized spacial score (nSPS) is 16.2. The molecule has 0 spiro atoms. The molecule has 2 N–H and O–H groups in total. The highest BCUT2D eigenvalue weighted by molar-refractivity contribution is 6.02. The van der Waals surface area contributed by atoms with Gasteiger partial charge in [-0.1, -0.05) is 23.4 Å². The third-order valence-corrected chi connectivity index (χ3v) is 8.55. The average Bonchev–Trinajstić information content (AvgIpc) is 3.66. The van der Waals surface area contributed by atoms with E-state index in [9.17, 15) is 4.79 Å². The van der Waals surface area contributed by atoms with E-state index in [0.717, 1.165) is 40.9 Å². The number of unbranched alkanes of at least 4 members (excludes halogenated alkanes) is 1. The molecule has 0 aliphatic carbocycles. The predicted molar refractivity (Wildman–Crippen MR) is 188 cm³/mol. The van der Waals surface area contributed by atoms with Crippen LogP contribution in [0.5, 0.6) is 40.2 Å². The van der Waals surface area contributed by atoms with Crippen molar-refractivity contribution >= 4 is 17.3 Å². The number of methoxy groups -OCH3 is 5. The first kappa shape index (κ1) is 34.1. The lowest BCUT2D eigenvalue weighted by atomic mass is 9.99. The lowest BCUT2D eigenvalue weighted by Gasteiger charge is -2.28. The van der Waals surface area contributed by atoms with Gasteiger partial charge in [-0.3, -0.25) is 4.79 Å². The molecule has 4 aromatic carbocycles. The number of hydrogen-bond donors (Lipinski definition) is 2. The van der Waals surface area contributed by atoms with Crippen molar-refractivity contribution in [3.05, 3.63) is 95.1 Å². The maximum atomic E-state index is 12.6. The summed E-state index contributed by atoms with van der Waals surface area (Å²) in [7, 11) is 7.95. The van der Waals surface area contributed by atoms with Gasteiger partial charge < -0.3 is 48.6 Å². The van der Waals surface area contributed by atoms with Crippen molar-refractivity contribution < 1.29 is 42.8 Å². The molecule has 1 amide bonds. The van der Waals surface area contributed by atoms with E-state index in [1.54, 1.807) is 41.6 Å². The zero-order valence-electron chi connectivity index (χ0n) is 28.7.